The van der Waals surface area contributed by atoms with Crippen molar-refractivity contribution in [2.75, 3.05) is 40.6 Å². The Morgan fingerprint density at radius 1 is 0.923 bits per heavy atom. The van der Waals surface area contributed by atoms with Gasteiger partial charge in [0, 0.05) is 45.3 Å². The van der Waals surface area contributed by atoms with Crippen molar-refractivity contribution in [3.63, 3.8) is 0 Å². The summed E-state index contributed by atoms with van der Waals surface area (Å²) in [6, 6.07) is 5.81. The monoisotopic (exact) mass is 751 g/mol. The van der Waals surface area contributed by atoms with Gasteiger partial charge in [0.2, 0.25) is 5.91 Å². The second-order valence-electron chi connectivity index (χ2n) is 17.8. The van der Waals surface area contributed by atoms with Crippen molar-refractivity contribution in [2.24, 2.45) is 23.7 Å². The molecule has 0 radical (unpaired) electrons. The predicted octanol–water partition coefficient (Wildman–Crippen LogP) is 8.56. The van der Waals surface area contributed by atoms with Gasteiger partial charge in [-0.1, -0.05) is 54.5 Å². The fourth-order valence-electron chi connectivity index (χ4n) is 6.26. The molecular formula is C41H74N2O8Si. The number of ether oxygens (including phenoxy) is 5. The van der Waals surface area contributed by atoms with Gasteiger partial charge in [0.05, 0.1) is 25.9 Å². The molecule has 52 heavy (non-hydrogen) atoms. The summed E-state index contributed by atoms with van der Waals surface area (Å²) in [6.45, 7) is 27.9. The number of carbonyl (C=O) groups is 2. The van der Waals surface area contributed by atoms with Crippen molar-refractivity contribution in [2.45, 2.75) is 150 Å². The van der Waals surface area contributed by atoms with Gasteiger partial charge < -0.3 is 38.7 Å². The van der Waals surface area contributed by atoms with Gasteiger partial charge in [-0.25, -0.2) is 4.79 Å². The molecule has 0 aromatic heterocycles. The van der Waals surface area contributed by atoms with Crippen LogP contribution in [0.25, 0.3) is 0 Å². The number of rotatable bonds is 20. The summed E-state index contributed by atoms with van der Waals surface area (Å²) in [5.41, 5.74) is 0.448. The van der Waals surface area contributed by atoms with Crippen LogP contribution in [-0.4, -0.2) is 84.8 Å². The van der Waals surface area contributed by atoms with Crippen LogP contribution < -0.4 is 20.1 Å². The minimum Gasteiger partial charge on any atom is -0.493 e. The van der Waals surface area contributed by atoms with Gasteiger partial charge in [-0.2, -0.15) is 0 Å². The molecule has 1 unspecified atom stereocenters. The van der Waals surface area contributed by atoms with E-state index in [0.717, 1.165) is 31.2 Å². The molecule has 1 saturated heterocycles. The molecule has 300 valence electrons. The van der Waals surface area contributed by atoms with E-state index in [1.165, 1.54) is 0 Å². The highest BCUT2D eigenvalue weighted by molar-refractivity contribution is 6.74. The molecule has 2 N–H and O–H groups in total. The van der Waals surface area contributed by atoms with Gasteiger partial charge in [0.15, 0.2) is 19.8 Å². The lowest BCUT2D eigenvalue weighted by Gasteiger charge is -2.43. The SMILES string of the molecule is COCCCOc1cc(CC(C[C@H](NC(=O)OC(C)(C)C)[C@H](C[C@H](C(=O)NC2CCOCC2)C(C)C)O[Si](C)(C)C(C)(C)C)C(C)C)ccc1OC. The average molecular weight is 751 g/mol. The lowest BCUT2D eigenvalue weighted by molar-refractivity contribution is -0.129. The predicted molar refractivity (Wildman–Crippen MR) is 212 cm³/mol. The highest BCUT2D eigenvalue weighted by Crippen LogP contribution is 2.40. The molecule has 0 bridgehead atoms. The maximum atomic E-state index is 14.0. The van der Waals surface area contributed by atoms with Crippen molar-refractivity contribution in [3.8, 4) is 11.5 Å². The lowest BCUT2D eigenvalue weighted by atomic mass is 9.80. The Morgan fingerprint density at radius 2 is 1.58 bits per heavy atom. The van der Waals surface area contributed by atoms with E-state index in [4.69, 9.17) is 28.1 Å². The van der Waals surface area contributed by atoms with Gasteiger partial charge in [0.25, 0.3) is 0 Å². The normalized spacial score (nSPS) is 17.0. The maximum absolute atomic E-state index is 14.0. The summed E-state index contributed by atoms with van der Waals surface area (Å²) < 4.78 is 35.6. The molecule has 0 saturated carbocycles. The summed E-state index contributed by atoms with van der Waals surface area (Å²) >= 11 is 0. The van der Waals surface area contributed by atoms with Crippen LogP contribution in [0.3, 0.4) is 0 Å². The molecule has 1 aliphatic rings. The smallest absolute Gasteiger partial charge is 0.407 e. The number of hydrogen-bond donors (Lipinski definition) is 2. The first-order chi connectivity index (χ1) is 24.2. The van der Waals surface area contributed by atoms with Crippen LogP contribution in [0.5, 0.6) is 11.5 Å². The Labute approximate surface area is 317 Å². The topological polar surface area (TPSA) is 114 Å². The molecule has 10 nitrogen and oxygen atoms in total. The Kier molecular flexibility index (Phi) is 18.4. The average Bonchev–Trinajstić information content (AvgIpc) is 3.03. The van der Waals surface area contributed by atoms with E-state index >= 15 is 0 Å². The maximum Gasteiger partial charge on any atom is 0.407 e. The summed E-state index contributed by atoms with van der Waals surface area (Å²) in [6.07, 6.45) is 3.37. The van der Waals surface area contributed by atoms with E-state index in [1.807, 2.05) is 26.8 Å². The van der Waals surface area contributed by atoms with E-state index in [2.05, 4.69) is 84.3 Å². The first-order valence-electron chi connectivity index (χ1n) is 19.5. The third kappa shape index (κ3) is 15.6. The van der Waals surface area contributed by atoms with E-state index in [1.54, 1.807) is 14.2 Å². The summed E-state index contributed by atoms with van der Waals surface area (Å²) in [7, 11) is 0.960. The molecule has 11 heteroatoms. The Balaban J connectivity index is 2.56. The number of alkyl carbamates (subject to hydrolysis) is 1. The van der Waals surface area contributed by atoms with Crippen molar-refractivity contribution in [3.05, 3.63) is 23.8 Å². The molecule has 0 spiro atoms. The summed E-state index contributed by atoms with van der Waals surface area (Å²) in [5, 5.41) is 6.53. The number of methoxy groups -OCH3 is 2. The number of hydrogen-bond acceptors (Lipinski definition) is 8. The molecule has 1 fully saturated rings. The minimum absolute atomic E-state index is 0.0402. The van der Waals surface area contributed by atoms with Crippen LogP contribution >= 0.6 is 0 Å². The molecule has 2 rings (SSSR count). The third-order valence-electron chi connectivity index (χ3n) is 10.6. The van der Waals surface area contributed by atoms with Crippen molar-refractivity contribution < 1.29 is 37.7 Å². The van der Waals surface area contributed by atoms with Gasteiger partial charge in [-0.15, -0.1) is 0 Å². The van der Waals surface area contributed by atoms with Crippen molar-refractivity contribution in [1.29, 1.82) is 0 Å². The zero-order valence-corrected chi connectivity index (χ0v) is 36.1. The van der Waals surface area contributed by atoms with Crippen LogP contribution in [-0.2, 0) is 29.9 Å². The van der Waals surface area contributed by atoms with Crippen LogP contribution in [0, 0.1) is 23.7 Å². The van der Waals surface area contributed by atoms with Crippen molar-refractivity contribution in [1.82, 2.24) is 10.6 Å². The second-order valence-corrected chi connectivity index (χ2v) is 22.5. The molecule has 4 atom stereocenters. The van der Waals surface area contributed by atoms with Gasteiger partial charge in [-0.3, -0.25) is 4.79 Å². The molecule has 0 aliphatic carbocycles. The Hall–Kier alpha value is -2.34. The van der Waals surface area contributed by atoms with Gasteiger partial charge in [0.1, 0.15) is 5.60 Å². The minimum atomic E-state index is -2.38. The number of nitrogens with one attached hydrogen (secondary N) is 2. The van der Waals surface area contributed by atoms with E-state index in [-0.39, 0.29) is 40.7 Å². The molecule has 1 aromatic rings. The zero-order valence-electron chi connectivity index (χ0n) is 35.1. The number of carbonyl (C=O) groups excluding carboxylic acids is 2. The lowest BCUT2D eigenvalue weighted by Crippen LogP contribution is -2.55. The van der Waals surface area contributed by atoms with Crippen LogP contribution in [0.1, 0.15) is 107 Å². The highest BCUT2D eigenvalue weighted by atomic mass is 28.4. The first-order valence-corrected chi connectivity index (χ1v) is 22.4. The zero-order chi connectivity index (χ0) is 39.3. The molecule has 1 aromatic carbocycles. The molecule has 1 aliphatic heterocycles. The van der Waals surface area contributed by atoms with Crippen LogP contribution in [0.4, 0.5) is 4.79 Å². The fraction of sp³-hybridized carbons (Fsp3) is 0.805. The molecule has 1 heterocycles. The molecular weight excluding hydrogens is 677 g/mol. The third-order valence-corrected chi connectivity index (χ3v) is 15.1. The second kappa shape index (κ2) is 20.9. The fourth-order valence-corrected chi connectivity index (χ4v) is 7.63. The number of benzene rings is 1. The Bertz CT molecular complexity index is 1220. The standard InChI is InChI=1S/C41H74N2O8Si/c1-28(2)31(24-30-16-17-35(47-12)37(25-30)49-21-15-20-46-11)26-34(43-39(45)50-40(5,6)7)36(51-52(13,14)41(8,9)10)27-33(29(3)4)38(44)42-32-18-22-48-23-19-32/h16-17,25,28-29,31-34,36H,15,18-24,26-27H2,1-14H3,(H,42,44)(H,43,45)/t31?,33-,34-,36-/m0/s1. The first kappa shape index (κ1) is 45.8. The van der Waals surface area contributed by atoms with Crippen molar-refractivity contribution >= 4 is 20.3 Å². The van der Waals surface area contributed by atoms with E-state index in [9.17, 15) is 9.59 Å². The summed E-state index contributed by atoms with van der Waals surface area (Å²) in [5.74, 6) is 1.63. The van der Waals surface area contributed by atoms with E-state index < -0.39 is 32.2 Å². The van der Waals surface area contributed by atoms with Gasteiger partial charge in [-0.05, 0) is 106 Å². The van der Waals surface area contributed by atoms with Gasteiger partial charge >= 0.3 is 6.09 Å². The van der Waals surface area contributed by atoms with Crippen LogP contribution in [0.15, 0.2) is 18.2 Å². The largest absolute Gasteiger partial charge is 0.493 e. The summed E-state index contributed by atoms with van der Waals surface area (Å²) in [4.78, 5) is 27.6. The Morgan fingerprint density at radius 3 is 2.12 bits per heavy atom. The van der Waals surface area contributed by atoms with Crippen LogP contribution in [0.2, 0.25) is 18.1 Å². The quantitative estimate of drug-likeness (QED) is 0.101. The number of amides is 2. The highest BCUT2D eigenvalue weighted by Gasteiger charge is 2.43. The van der Waals surface area contributed by atoms with E-state index in [0.29, 0.717) is 50.8 Å². The molecule has 2 amide bonds.